The quantitative estimate of drug-likeness (QED) is 0.0195. The summed E-state index contributed by atoms with van der Waals surface area (Å²) in [6, 6.07) is 0. The van der Waals surface area contributed by atoms with Gasteiger partial charge in [-0.15, -0.1) is 0 Å². The Morgan fingerprint density at radius 2 is 0.737 bits per heavy atom. The molecule has 0 saturated carbocycles. The number of ether oxygens (including phenoxy) is 2. The van der Waals surface area contributed by atoms with E-state index in [1.54, 1.807) is 0 Å². The number of carbonyl (C=O) groups excluding carboxylic acids is 2. The van der Waals surface area contributed by atoms with Gasteiger partial charge in [-0.05, 0) is 109 Å². The number of rotatable bonds is 51. The number of likely N-dealkylation sites (N-methyl/N-ethyl adjacent to an activating group) is 1. The Labute approximate surface area is 465 Å². The van der Waals surface area contributed by atoms with Crippen LogP contribution in [0.25, 0.3) is 0 Å². The third-order valence-corrected chi connectivity index (χ3v) is 12.5. The first kappa shape index (κ1) is 71.6. The average molecular weight is 1070 g/mol. The third-order valence-electron chi connectivity index (χ3n) is 11.6. The minimum absolute atomic E-state index is 0.0498. The lowest BCUT2D eigenvalue weighted by atomic mass is 10.0. The molecule has 2 unspecified atom stereocenters. The molecule has 0 aliphatic carbocycles. The normalized spacial score (nSPS) is 14.4. The fourth-order valence-corrected chi connectivity index (χ4v) is 7.86. The Morgan fingerprint density at radius 3 is 1.11 bits per heavy atom. The number of quaternary nitrogens is 1. The van der Waals surface area contributed by atoms with Crippen LogP contribution in [-0.2, 0) is 32.7 Å². The van der Waals surface area contributed by atoms with Crippen molar-refractivity contribution in [2.24, 2.45) is 0 Å². The van der Waals surface area contributed by atoms with Gasteiger partial charge in [-0.1, -0.05) is 230 Å². The summed E-state index contributed by atoms with van der Waals surface area (Å²) >= 11 is 0. The van der Waals surface area contributed by atoms with E-state index in [-0.39, 0.29) is 26.1 Å². The highest BCUT2D eigenvalue weighted by molar-refractivity contribution is 7.45. The molecule has 0 aliphatic heterocycles. The van der Waals surface area contributed by atoms with Gasteiger partial charge in [0.2, 0.25) is 0 Å². The fraction of sp³-hybridized carbons (Fsp3) is 0.576. The maximum atomic E-state index is 12.8. The first-order valence-electron chi connectivity index (χ1n) is 29.2. The number of phosphoric ester groups is 1. The minimum Gasteiger partial charge on any atom is -0.756 e. The van der Waals surface area contributed by atoms with Crippen molar-refractivity contribution >= 4 is 19.8 Å². The number of nitrogens with zero attached hydrogens (tertiary/aromatic N) is 1. The zero-order valence-electron chi connectivity index (χ0n) is 48.4. The SMILES string of the molecule is CC/C=C\C/C=C\C/C=C\C/C=C\C/C=C\C/C=C\C/C=C\C/C=C\C/C=C\CCCCCCCCCCCCCC(=O)OC(COC(=O)CC/C=C\C/C=C\C/C=C\C/C=C\CC)COP(=O)([O-])OCC[N+](C)(C)C. The van der Waals surface area contributed by atoms with Crippen molar-refractivity contribution in [3.05, 3.63) is 158 Å². The molecule has 0 saturated heterocycles. The predicted octanol–water partition coefficient (Wildman–Crippen LogP) is 17.8. The van der Waals surface area contributed by atoms with Crippen LogP contribution in [0.3, 0.4) is 0 Å². The molecule has 0 aromatic rings. The molecular formula is C66H106NO8P. The van der Waals surface area contributed by atoms with Gasteiger partial charge < -0.3 is 27.9 Å². The number of phosphoric acid groups is 1. The fourth-order valence-electron chi connectivity index (χ4n) is 7.13. The largest absolute Gasteiger partial charge is 0.756 e. The van der Waals surface area contributed by atoms with Gasteiger partial charge in [0, 0.05) is 12.8 Å². The molecule has 0 aromatic heterocycles. The molecule has 0 radical (unpaired) electrons. The highest BCUT2D eigenvalue weighted by atomic mass is 31.2. The summed E-state index contributed by atoms with van der Waals surface area (Å²) in [5, 5.41) is 0. The highest BCUT2D eigenvalue weighted by Crippen LogP contribution is 2.38. The molecule has 2 atom stereocenters. The lowest BCUT2D eigenvalue weighted by Crippen LogP contribution is -2.37. The zero-order valence-corrected chi connectivity index (χ0v) is 49.3. The molecule has 76 heavy (non-hydrogen) atoms. The smallest absolute Gasteiger partial charge is 0.306 e. The summed E-state index contributed by atoms with van der Waals surface area (Å²) in [4.78, 5) is 37.7. The van der Waals surface area contributed by atoms with Crippen molar-refractivity contribution in [3.63, 3.8) is 0 Å². The minimum atomic E-state index is -4.66. The first-order valence-corrected chi connectivity index (χ1v) is 30.7. The first-order chi connectivity index (χ1) is 37.0. The van der Waals surface area contributed by atoms with Crippen molar-refractivity contribution in [1.82, 2.24) is 0 Å². The zero-order chi connectivity index (χ0) is 55.6. The predicted molar refractivity (Wildman–Crippen MR) is 323 cm³/mol. The lowest BCUT2D eigenvalue weighted by molar-refractivity contribution is -0.870. The second kappa shape index (κ2) is 55.4. The van der Waals surface area contributed by atoms with Crippen molar-refractivity contribution in [2.75, 3.05) is 47.5 Å². The van der Waals surface area contributed by atoms with Gasteiger partial charge in [0.15, 0.2) is 6.10 Å². The van der Waals surface area contributed by atoms with Gasteiger partial charge in [0.25, 0.3) is 7.82 Å². The number of carbonyl (C=O) groups is 2. The van der Waals surface area contributed by atoms with E-state index in [4.69, 9.17) is 18.5 Å². The summed E-state index contributed by atoms with van der Waals surface area (Å²) in [5.41, 5.74) is 0. The van der Waals surface area contributed by atoms with E-state index in [0.29, 0.717) is 23.9 Å². The molecule has 0 spiro atoms. The van der Waals surface area contributed by atoms with Crippen LogP contribution in [0, 0.1) is 0 Å². The van der Waals surface area contributed by atoms with Crippen LogP contribution < -0.4 is 4.89 Å². The monoisotopic (exact) mass is 1070 g/mol. The summed E-state index contributed by atoms with van der Waals surface area (Å²) < 4.78 is 34.0. The van der Waals surface area contributed by atoms with Crippen LogP contribution in [0.2, 0.25) is 0 Å². The van der Waals surface area contributed by atoms with Crippen LogP contribution in [0.4, 0.5) is 0 Å². The average Bonchev–Trinajstić information content (AvgIpc) is 3.38. The molecule has 0 heterocycles. The number of allylic oxidation sites excluding steroid dienone is 26. The van der Waals surface area contributed by atoms with Gasteiger partial charge >= 0.3 is 11.9 Å². The van der Waals surface area contributed by atoms with E-state index in [0.717, 1.165) is 109 Å². The number of unbranched alkanes of at least 4 members (excludes halogenated alkanes) is 11. The summed E-state index contributed by atoms with van der Waals surface area (Å²) in [5.74, 6) is -0.945. The molecule has 0 amide bonds. The summed E-state index contributed by atoms with van der Waals surface area (Å²) in [6.07, 6.45) is 83.3. The van der Waals surface area contributed by atoms with Gasteiger partial charge in [-0.25, -0.2) is 0 Å². The number of esters is 2. The molecule has 428 valence electrons. The maximum absolute atomic E-state index is 12.8. The molecule has 0 aromatic carbocycles. The van der Waals surface area contributed by atoms with E-state index in [9.17, 15) is 19.0 Å². The van der Waals surface area contributed by atoms with Crippen molar-refractivity contribution in [2.45, 2.75) is 200 Å². The molecule has 0 fully saturated rings. The Hall–Kier alpha value is -4.37. The van der Waals surface area contributed by atoms with E-state index >= 15 is 0 Å². The Balaban J connectivity index is 4.12. The lowest BCUT2D eigenvalue weighted by Gasteiger charge is -2.28. The van der Waals surface area contributed by atoms with Gasteiger partial charge in [-0.2, -0.15) is 0 Å². The second-order valence-corrected chi connectivity index (χ2v) is 21.3. The van der Waals surface area contributed by atoms with Gasteiger partial charge in [0.05, 0.1) is 27.7 Å². The summed E-state index contributed by atoms with van der Waals surface area (Å²) in [7, 11) is 1.11. The molecular weight excluding hydrogens is 966 g/mol. The second-order valence-electron chi connectivity index (χ2n) is 19.9. The van der Waals surface area contributed by atoms with Crippen LogP contribution >= 0.6 is 7.82 Å². The Kier molecular flexibility index (Phi) is 52.2. The van der Waals surface area contributed by atoms with Crippen molar-refractivity contribution in [3.8, 4) is 0 Å². The van der Waals surface area contributed by atoms with Gasteiger partial charge in [-0.3, -0.25) is 14.2 Å². The van der Waals surface area contributed by atoms with Crippen LogP contribution in [0.1, 0.15) is 194 Å². The molecule has 10 heteroatoms. The number of hydrogen-bond acceptors (Lipinski definition) is 8. The summed E-state index contributed by atoms with van der Waals surface area (Å²) in [6.45, 7) is 3.88. The topological polar surface area (TPSA) is 111 Å². The molecule has 0 bridgehead atoms. The Bertz CT molecular complexity index is 1840. The van der Waals surface area contributed by atoms with Gasteiger partial charge in [0.1, 0.15) is 19.8 Å². The van der Waals surface area contributed by atoms with E-state index in [1.807, 2.05) is 33.3 Å². The maximum Gasteiger partial charge on any atom is 0.306 e. The van der Waals surface area contributed by atoms with Crippen LogP contribution in [-0.4, -0.2) is 70.0 Å². The van der Waals surface area contributed by atoms with E-state index in [1.165, 1.54) is 44.9 Å². The van der Waals surface area contributed by atoms with Crippen LogP contribution in [0.5, 0.6) is 0 Å². The molecule has 0 rings (SSSR count). The van der Waals surface area contributed by atoms with Crippen molar-refractivity contribution < 1.29 is 42.1 Å². The number of hydrogen-bond donors (Lipinski definition) is 0. The third kappa shape index (κ3) is 58.9. The van der Waals surface area contributed by atoms with E-state index < -0.39 is 32.5 Å². The van der Waals surface area contributed by atoms with Crippen LogP contribution in [0.15, 0.2) is 158 Å². The molecule has 0 aliphatic rings. The van der Waals surface area contributed by atoms with Crippen molar-refractivity contribution in [1.29, 1.82) is 0 Å². The standard InChI is InChI=1S/C66H106NO8P/c1-6-8-10-12-14-16-18-20-21-22-23-24-25-26-27-28-29-30-31-32-33-34-35-36-37-38-39-40-41-42-43-44-45-47-49-51-53-55-57-59-66(69)75-64(63-74-76(70,71)73-61-60-67(3,4)5)62-72-65(68)58-56-54-52-50-48-46-19-17-15-13-11-9-7-2/h8-11,14-17,20-21,23-24,26-27,29-30,32-33,35-36,38-39,46,48,52,54,64H,6-7,12-13,18-19,22,25,28,31,34,37,40-45,47,49-51,53,55-63H2,1-5H3/b10-8-,11-9-,16-14-,17-15-,21-20-,24-23-,27-26-,30-29-,33-32-,36-35-,39-38-,48-46-,54-52-. The molecule has 9 nitrogen and oxygen atoms in total. The molecule has 0 N–H and O–H groups in total. The Morgan fingerprint density at radius 1 is 0.408 bits per heavy atom. The van der Waals surface area contributed by atoms with E-state index in [2.05, 4.69) is 160 Å². The highest BCUT2D eigenvalue weighted by Gasteiger charge is 2.21.